The topological polar surface area (TPSA) is 61.4 Å². The minimum Gasteiger partial charge on any atom is -0.394 e. The lowest BCUT2D eigenvalue weighted by Gasteiger charge is -2.19. The first kappa shape index (κ1) is 16.5. The molecule has 0 aromatic heterocycles. The van der Waals surface area contributed by atoms with Crippen molar-refractivity contribution in [2.24, 2.45) is 5.92 Å². The van der Waals surface area contributed by atoms with Crippen molar-refractivity contribution >= 4 is 11.7 Å². The molecule has 0 aliphatic heterocycles. The Kier molecular flexibility index (Phi) is 6.52. The van der Waals surface area contributed by atoms with Gasteiger partial charge in [-0.1, -0.05) is 39.8 Å². The second-order valence-corrected chi connectivity index (χ2v) is 5.89. The third kappa shape index (κ3) is 5.61. The first-order chi connectivity index (χ1) is 9.42. The van der Waals surface area contributed by atoms with Crippen LogP contribution in [0.4, 0.5) is 10.5 Å². The molecule has 4 heteroatoms. The van der Waals surface area contributed by atoms with Crippen molar-refractivity contribution in [3.8, 4) is 0 Å². The number of aliphatic hydroxyl groups excluding tert-OH is 1. The van der Waals surface area contributed by atoms with Crippen LogP contribution in [-0.4, -0.2) is 23.8 Å². The van der Waals surface area contributed by atoms with E-state index in [1.165, 1.54) is 5.56 Å². The predicted octanol–water partition coefficient (Wildman–Crippen LogP) is 3.34. The lowest BCUT2D eigenvalue weighted by molar-refractivity contribution is 0.214. The largest absolute Gasteiger partial charge is 0.394 e. The van der Waals surface area contributed by atoms with Crippen molar-refractivity contribution in [3.63, 3.8) is 0 Å². The van der Waals surface area contributed by atoms with Gasteiger partial charge in [-0.25, -0.2) is 4.79 Å². The number of nitrogens with one attached hydrogen (secondary N) is 2. The fourth-order valence-corrected chi connectivity index (χ4v) is 2.08. The van der Waals surface area contributed by atoms with Crippen molar-refractivity contribution < 1.29 is 9.90 Å². The summed E-state index contributed by atoms with van der Waals surface area (Å²) in [5, 5.41) is 14.9. The van der Waals surface area contributed by atoms with Crippen molar-refractivity contribution in [2.75, 3.05) is 11.9 Å². The highest BCUT2D eigenvalue weighted by Gasteiger charge is 2.13. The summed E-state index contributed by atoms with van der Waals surface area (Å²) in [5.74, 6) is 0.850. The maximum absolute atomic E-state index is 11.9. The van der Waals surface area contributed by atoms with Gasteiger partial charge in [-0.05, 0) is 36.0 Å². The van der Waals surface area contributed by atoms with Crippen molar-refractivity contribution in [1.29, 1.82) is 0 Å². The third-order valence-electron chi connectivity index (χ3n) is 3.12. The van der Waals surface area contributed by atoms with Crippen LogP contribution in [0, 0.1) is 5.92 Å². The second kappa shape index (κ2) is 7.90. The molecule has 1 rings (SSSR count). The van der Waals surface area contributed by atoms with E-state index in [4.69, 9.17) is 0 Å². The average Bonchev–Trinajstić information content (AvgIpc) is 2.37. The Labute approximate surface area is 121 Å². The number of carbonyl (C=O) groups excluding carboxylic acids is 1. The monoisotopic (exact) mass is 278 g/mol. The molecule has 1 unspecified atom stereocenters. The van der Waals surface area contributed by atoms with Crippen LogP contribution in [-0.2, 0) is 0 Å². The van der Waals surface area contributed by atoms with E-state index >= 15 is 0 Å². The normalized spacial score (nSPS) is 12.6. The number of hydrogen-bond donors (Lipinski definition) is 3. The quantitative estimate of drug-likeness (QED) is 0.747. The van der Waals surface area contributed by atoms with Gasteiger partial charge in [0, 0.05) is 5.69 Å². The Hall–Kier alpha value is -1.55. The Bertz CT molecular complexity index is 430. The molecule has 3 N–H and O–H groups in total. The Morgan fingerprint density at radius 3 is 2.50 bits per heavy atom. The number of carbonyl (C=O) groups is 1. The number of anilines is 1. The molecule has 1 atom stereocenters. The molecular weight excluding hydrogens is 252 g/mol. The lowest BCUT2D eigenvalue weighted by Crippen LogP contribution is -2.40. The summed E-state index contributed by atoms with van der Waals surface area (Å²) in [5.41, 5.74) is 1.96. The number of benzene rings is 1. The smallest absolute Gasteiger partial charge is 0.319 e. The number of urea groups is 1. The minimum absolute atomic E-state index is 0.0440. The van der Waals surface area contributed by atoms with Gasteiger partial charge in [0.2, 0.25) is 0 Å². The van der Waals surface area contributed by atoms with E-state index in [0.717, 1.165) is 12.1 Å². The van der Waals surface area contributed by atoms with Crippen LogP contribution in [0.3, 0.4) is 0 Å². The van der Waals surface area contributed by atoms with E-state index in [9.17, 15) is 9.90 Å². The zero-order chi connectivity index (χ0) is 15.1. The van der Waals surface area contributed by atoms with Gasteiger partial charge >= 0.3 is 6.03 Å². The molecule has 20 heavy (non-hydrogen) atoms. The lowest BCUT2D eigenvalue weighted by atomic mass is 10.0. The van der Waals surface area contributed by atoms with Crippen LogP contribution in [0.25, 0.3) is 0 Å². The fourth-order valence-electron chi connectivity index (χ4n) is 2.08. The number of hydrogen-bond acceptors (Lipinski definition) is 2. The summed E-state index contributed by atoms with van der Waals surface area (Å²) in [6.45, 7) is 8.31. The van der Waals surface area contributed by atoms with Crippen LogP contribution in [0.15, 0.2) is 24.3 Å². The van der Waals surface area contributed by atoms with E-state index in [-0.39, 0.29) is 18.7 Å². The van der Waals surface area contributed by atoms with Crippen LogP contribution in [0.2, 0.25) is 0 Å². The molecular formula is C16H26N2O2. The highest BCUT2D eigenvalue weighted by Crippen LogP contribution is 2.18. The van der Waals surface area contributed by atoms with Crippen LogP contribution in [0.5, 0.6) is 0 Å². The first-order valence-corrected chi connectivity index (χ1v) is 7.20. The highest BCUT2D eigenvalue weighted by molar-refractivity contribution is 5.89. The van der Waals surface area contributed by atoms with Gasteiger partial charge < -0.3 is 15.7 Å². The second-order valence-electron chi connectivity index (χ2n) is 5.89. The summed E-state index contributed by atoms with van der Waals surface area (Å²) in [7, 11) is 0. The zero-order valence-corrected chi connectivity index (χ0v) is 12.8. The van der Waals surface area contributed by atoms with Crippen molar-refractivity contribution in [1.82, 2.24) is 5.32 Å². The highest BCUT2D eigenvalue weighted by atomic mass is 16.3. The van der Waals surface area contributed by atoms with Gasteiger partial charge in [0.05, 0.1) is 12.6 Å². The van der Waals surface area contributed by atoms with E-state index < -0.39 is 0 Å². The Morgan fingerprint density at radius 1 is 1.25 bits per heavy atom. The Balaban J connectivity index is 2.59. The first-order valence-electron chi connectivity index (χ1n) is 7.20. The van der Waals surface area contributed by atoms with Crippen LogP contribution < -0.4 is 10.6 Å². The standard InChI is InChI=1S/C16H26N2O2/c1-11(2)8-15(10-19)18-16(20)17-14-7-5-6-13(9-14)12(3)4/h5-7,9,11-12,15,19H,8,10H2,1-4H3,(H2,17,18,20). The van der Waals surface area contributed by atoms with Crippen molar-refractivity contribution in [2.45, 2.75) is 46.1 Å². The molecule has 0 aliphatic carbocycles. The van der Waals surface area contributed by atoms with E-state index in [1.807, 2.05) is 24.3 Å². The number of amides is 2. The molecule has 0 spiro atoms. The maximum Gasteiger partial charge on any atom is 0.319 e. The van der Waals surface area contributed by atoms with Gasteiger partial charge in [-0.3, -0.25) is 0 Å². The molecule has 0 aliphatic rings. The average molecular weight is 278 g/mol. The van der Waals surface area contributed by atoms with Gasteiger partial charge in [-0.2, -0.15) is 0 Å². The van der Waals surface area contributed by atoms with Gasteiger partial charge in [0.25, 0.3) is 0 Å². The van der Waals surface area contributed by atoms with Gasteiger partial charge in [0.1, 0.15) is 0 Å². The summed E-state index contributed by atoms with van der Waals surface area (Å²) >= 11 is 0. The van der Waals surface area contributed by atoms with E-state index in [2.05, 4.69) is 38.3 Å². The molecule has 2 amide bonds. The molecule has 0 bridgehead atoms. The molecule has 0 fully saturated rings. The summed E-state index contributed by atoms with van der Waals surface area (Å²) in [6, 6.07) is 7.34. The summed E-state index contributed by atoms with van der Waals surface area (Å²) < 4.78 is 0. The molecule has 112 valence electrons. The molecule has 0 saturated carbocycles. The molecule has 1 aromatic carbocycles. The third-order valence-corrected chi connectivity index (χ3v) is 3.12. The molecule has 1 aromatic rings. The molecule has 0 radical (unpaired) electrons. The molecule has 0 heterocycles. The van der Waals surface area contributed by atoms with Crippen LogP contribution >= 0.6 is 0 Å². The number of aliphatic hydroxyl groups is 1. The van der Waals surface area contributed by atoms with Gasteiger partial charge in [-0.15, -0.1) is 0 Å². The summed E-state index contributed by atoms with van der Waals surface area (Å²) in [4.78, 5) is 11.9. The SMILES string of the molecule is CC(C)CC(CO)NC(=O)Nc1cccc(C(C)C)c1. The van der Waals surface area contributed by atoms with Crippen LogP contribution in [0.1, 0.15) is 45.6 Å². The van der Waals surface area contributed by atoms with E-state index in [1.54, 1.807) is 0 Å². The Morgan fingerprint density at radius 2 is 1.95 bits per heavy atom. The van der Waals surface area contributed by atoms with Crippen molar-refractivity contribution in [3.05, 3.63) is 29.8 Å². The predicted molar refractivity (Wildman–Crippen MR) is 83.0 cm³/mol. The van der Waals surface area contributed by atoms with Gasteiger partial charge in [0.15, 0.2) is 0 Å². The van der Waals surface area contributed by atoms with E-state index in [0.29, 0.717) is 11.8 Å². The zero-order valence-electron chi connectivity index (χ0n) is 12.8. The fraction of sp³-hybridized carbons (Fsp3) is 0.562. The maximum atomic E-state index is 11.9. The minimum atomic E-state index is -0.273. The molecule has 4 nitrogen and oxygen atoms in total. The summed E-state index contributed by atoms with van der Waals surface area (Å²) in [6.07, 6.45) is 0.760. The number of rotatable bonds is 6. The molecule has 0 saturated heterocycles.